The number of allylic oxidation sites excluding steroid dienone is 1. The molecule has 5 N–H and O–H groups in total. The molecule has 0 bridgehead atoms. The predicted molar refractivity (Wildman–Crippen MR) is 191 cm³/mol. The summed E-state index contributed by atoms with van der Waals surface area (Å²) in [5.74, 6) is -4.26. The molecule has 232 valence electrons. The van der Waals surface area contributed by atoms with Crippen LogP contribution >= 0.6 is 0 Å². The van der Waals surface area contributed by atoms with Crippen molar-refractivity contribution in [3.63, 3.8) is 0 Å². The summed E-state index contributed by atoms with van der Waals surface area (Å²) in [6.45, 7) is 0. The van der Waals surface area contributed by atoms with E-state index in [9.17, 15) is 25.5 Å². The van der Waals surface area contributed by atoms with E-state index in [0.29, 0.717) is 5.56 Å². The Labute approximate surface area is 274 Å². The first-order chi connectivity index (χ1) is 23.4. The monoisotopic (exact) mass is 628 g/mol. The Morgan fingerprint density at radius 2 is 0.979 bits per heavy atom. The van der Waals surface area contributed by atoms with E-state index < -0.39 is 28.7 Å². The van der Waals surface area contributed by atoms with Gasteiger partial charge in [-0.25, -0.2) is 0 Å². The summed E-state index contributed by atoms with van der Waals surface area (Å²) in [5, 5.41) is 57.6. The lowest BCUT2D eigenvalue weighted by Crippen LogP contribution is -1.93. The Hall–Kier alpha value is -6.40. The smallest absolute Gasteiger partial charge is 0.208 e. The van der Waals surface area contributed by atoms with Crippen LogP contribution in [0.2, 0.25) is 0 Å². The predicted octanol–water partition coefficient (Wildman–Crippen LogP) is 10.4. The van der Waals surface area contributed by atoms with Gasteiger partial charge in [0, 0.05) is 10.8 Å². The molecule has 0 amide bonds. The van der Waals surface area contributed by atoms with Crippen LogP contribution in [0.5, 0.6) is 28.7 Å². The Morgan fingerprint density at radius 1 is 0.458 bits per heavy atom. The fourth-order valence-electron chi connectivity index (χ4n) is 7.45. The topological polar surface area (TPSA) is 114 Å². The van der Waals surface area contributed by atoms with Gasteiger partial charge in [-0.15, -0.1) is 0 Å². The first kappa shape index (κ1) is 27.9. The van der Waals surface area contributed by atoms with Gasteiger partial charge in [-0.3, -0.25) is 0 Å². The van der Waals surface area contributed by atoms with Gasteiger partial charge in [-0.2, -0.15) is 0 Å². The third-order valence-electron chi connectivity index (χ3n) is 9.69. The molecule has 0 aliphatic heterocycles. The van der Waals surface area contributed by atoms with Crippen molar-refractivity contribution in [1.82, 2.24) is 0 Å². The van der Waals surface area contributed by atoms with Crippen molar-refractivity contribution in [3.05, 3.63) is 120 Å². The van der Waals surface area contributed by atoms with Crippen LogP contribution in [0.1, 0.15) is 17.5 Å². The highest BCUT2D eigenvalue weighted by Gasteiger charge is 2.25. The standard InChI is InChI=1S/C42H28O6/c43-38-36(39(44)41(46)42(47)40(38)45)24-15-13-23(14-16-24)34-27-9-3-5-11-29(27)35(30-12-6-4-10-28(30)34)25-17-19-31-33(21-25)48-32-20-18-22-7-1-2-8-26(22)37(31)32/h2-6,8-21,43-47H,1,7H2. The molecule has 8 aromatic rings. The molecule has 9 rings (SSSR count). The molecule has 1 aliphatic carbocycles. The quantitative estimate of drug-likeness (QED) is 0.0756. The van der Waals surface area contributed by atoms with Crippen LogP contribution in [-0.2, 0) is 6.42 Å². The molecule has 1 aliphatic rings. The molecular weight excluding hydrogens is 600 g/mol. The molecule has 0 saturated heterocycles. The van der Waals surface area contributed by atoms with Crippen molar-refractivity contribution >= 4 is 49.6 Å². The van der Waals surface area contributed by atoms with E-state index in [1.807, 2.05) is 36.4 Å². The lowest BCUT2D eigenvalue weighted by atomic mass is 9.85. The number of phenolic OH excluding ortho intramolecular Hbond substituents is 5. The first-order valence-electron chi connectivity index (χ1n) is 15.8. The van der Waals surface area contributed by atoms with Crippen LogP contribution in [-0.4, -0.2) is 25.5 Å². The Morgan fingerprint density at radius 3 is 1.58 bits per heavy atom. The molecule has 0 saturated carbocycles. The fourth-order valence-corrected chi connectivity index (χ4v) is 7.45. The number of fused-ring (bicyclic) bond motifs is 7. The number of hydrogen-bond donors (Lipinski definition) is 5. The van der Waals surface area contributed by atoms with E-state index in [1.54, 1.807) is 12.1 Å². The summed E-state index contributed by atoms with van der Waals surface area (Å²) >= 11 is 0. The number of furan rings is 1. The number of hydrogen-bond acceptors (Lipinski definition) is 6. The van der Waals surface area contributed by atoms with Gasteiger partial charge >= 0.3 is 0 Å². The minimum absolute atomic E-state index is 0.183. The zero-order valence-corrected chi connectivity index (χ0v) is 25.5. The van der Waals surface area contributed by atoms with Gasteiger partial charge in [0.2, 0.25) is 17.2 Å². The molecular formula is C42H28O6. The van der Waals surface area contributed by atoms with Crippen molar-refractivity contribution in [2.75, 3.05) is 0 Å². The van der Waals surface area contributed by atoms with Crippen LogP contribution in [0.15, 0.2) is 114 Å². The van der Waals surface area contributed by atoms with Gasteiger partial charge in [0.1, 0.15) is 11.2 Å². The van der Waals surface area contributed by atoms with E-state index in [2.05, 4.69) is 66.7 Å². The number of phenols is 5. The highest BCUT2D eigenvalue weighted by atomic mass is 16.4. The number of rotatable bonds is 3. The lowest BCUT2D eigenvalue weighted by Gasteiger charge is -2.18. The molecule has 0 atom stereocenters. The molecule has 0 radical (unpaired) electrons. The normalized spacial score (nSPS) is 12.8. The third kappa shape index (κ3) is 3.93. The maximum atomic E-state index is 10.5. The maximum absolute atomic E-state index is 10.5. The summed E-state index contributed by atoms with van der Waals surface area (Å²) in [7, 11) is 0. The largest absolute Gasteiger partial charge is 0.504 e. The highest BCUT2D eigenvalue weighted by Crippen LogP contribution is 2.55. The summed E-state index contributed by atoms with van der Waals surface area (Å²) < 4.78 is 6.47. The molecule has 6 heteroatoms. The average Bonchev–Trinajstić information content (AvgIpc) is 3.51. The number of benzene rings is 7. The third-order valence-corrected chi connectivity index (χ3v) is 9.69. The molecule has 0 unspecified atom stereocenters. The lowest BCUT2D eigenvalue weighted by molar-refractivity contribution is 0.330. The summed E-state index contributed by atoms with van der Waals surface area (Å²) in [5.41, 5.74) is 8.58. The molecule has 1 aromatic heterocycles. The van der Waals surface area contributed by atoms with E-state index in [0.717, 1.165) is 78.6 Å². The van der Waals surface area contributed by atoms with Gasteiger partial charge < -0.3 is 29.9 Å². The summed E-state index contributed by atoms with van der Waals surface area (Å²) in [6.07, 6.45) is 6.55. The second-order valence-electron chi connectivity index (χ2n) is 12.3. The Balaban J connectivity index is 1.24. The minimum atomic E-state index is -0.987. The molecule has 0 fully saturated rings. The molecule has 48 heavy (non-hydrogen) atoms. The first-order valence-corrected chi connectivity index (χ1v) is 15.8. The van der Waals surface area contributed by atoms with Crippen molar-refractivity contribution in [2.45, 2.75) is 12.8 Å². The van der Waals surface area contributed by atoms with E-state index in [-0.39, 0.29) is 5.56 Å². The SMILES string of the molecule is Oc1c(O)c(O)c(-c2ccc(-c3c4ccccc4c(-c4ccc5c(c4)oc4ccc6c(c45)C=CCC6)c4ccccc34)cc2)c(O)c1O. The second-order valence-corrected chi connectivity index (χ2v) is 12.3. The van der Waals surface area contributed by atoms with Crippen molar-refractivity contribution in [1.29, 1.82) is 0 Å². The van der Waals surface area contributed by atoms with Gasteiger partial charge in [0.15, 0.2) is 11.5 Å². The van der Waals surface area contributed by atoms with Crippen LogP contribution < -0.4 is 0 Å². The van der Waals surface area contributed by atoms with Crippen LogP contribution in [0.4, 0.5) is 0 Å². The maximum Gasteiger partial charge on any atom is 0.208 e. The minimum Gasteiger partial charge on any atom is -0.504 e. The summed E-state index contributed by atoms with van der Waals surface area (Å²) in [6, 6.07) is 34.6. The molecule has 6 nitrogen and oxygen atoms in total. The molecule has 7 aromatic carbocycles. The van der Waals surface area contributed by atoms with Gasteiger partial charge in [0.25, 0.3) is 0 Å². The van der Waals surface area contributed by atoms with E-state index in [1.165, 1.54) is 11.1 Å². The van der Waals surface area contributed by atoms with Gasteiger partial charge in [-0.1, -0.05) is 97.1 Å². The van der Waals surface area contributed by atoms with Crippen LogP contribution in [0.25, 0.3) is 82.9 Å². The van der Waals surface area contributed by atoms with E-state index >= 15 is 0 Å². The van der Waals surface area contributed by atoms with Crippen LogP contribution in [0.3, 0.4) is 0 Å². The zero-order chi connectivity index (χ0) is 32.7. The van der Waals surface area contributed by atoms with E-state index in [4.69, 9.17) is 4.42 Å². The Bertz CT molecular complexity index is 2580. The van der Waals surface area contributed by atoms with Crippen molar-refractivity contribution < 1.29 is 29.9 Å². The van der Waals surface area contributed by atoms with Crippen molar-refractivity contribution in [2.24, 2.45) is 0 Å². The van der Waals surface area contributed by atoms with Crippen LogP contribution in [0, 0.1) is 0 Å². The Kier molecular flexibility index (Phi) is 5.98. The van der Waals surface area contributed by atoms with Gasteiger partial charge in [0.05, 0.1) is 5.56 Å². The average molecular weight is 629 g/mol. The second kappa shape index (κ2) is 10.3. The summed E-state index contributed by atoms with van der Waals surface area (Å²) in [4.78, 5) is 0. The zero-order valence-electron chi connectivity index (χ0n) is 25.5. The molecule has 0 spiro atoms. The molecule has 1 heterocycles. The number of aryl methyl sites for hydroxylation is 1. The number of aromatic hydroxyl groups is 5. The fraction of sp³-hybridized carbons (Fsp3) is 0.0476. The van der Waals surface area contributed by atoms with Crippen molar-refractivity contribution in [3.8, 4) is 62.1 Å². The highest BCUT2D eigenvalue weighted by molar-refractivity contribution is 6.22. The van der Waals surface area contributed by atoms with Gasteiger partial charge in [-0.05, 0) is 91.5 Å².